The second kappa shape index (κ2) is 4.37. The molecule has 0 atom stereocenters. The number of anilines is 2. The minimum absolute atomic E-state index is 0.0184. The van der Waals surface area contributed by atoms with Crippen LogP contribution >= 0.6 is 0 Å². The number of hydrogen-bond acceptors (Lipinski definition) is 3. The molecule has 0 saturated carbocycles. The van der Waals surface area contributed by atoms with Crippen molar-refractivity contribution < 1.29 is 4.79 Å². The molecule has 104 valence electrons. The zero-order valence-corrected chi connectivity index (χ0v) is 12.0. The Morgan fingerprint density at radius 1 is 1.30 bits per heavy atom. The maximum Gasteiger partial charge on any atom is 0.276 e. The summed E-state index contributed by atoms with van der Waals surface area (Å²) in [5, 5.41) is 4.24. The summed E-state index contributed by atoms with van der Waals surface area (Å²) < 4.78 is 1.63. The third-order valence-corrected chi connectivity index (χ3v) is 3.83. The molecule has 0 aliphatic carbocycles. The summed E-state index contributed by atoms with van der Waals surface area (Å²) >= 11 is 0. The standard InChI is InChI=1S/C15H18N4O/c1-9-6-11-4-5-19(13(11)8-12(9)16)15(20)14-7-10(2)17-18(14)3/h6-8H,4-5,16H2,1-3H3. The van der Waals surface area contributed by atoms with Crippen LogP contribution in [0.4, 0.5) is 11.4 Å². The maximum absolute atomic E-state index is 12.7. The van der Waals surface area contributed by atoms with Gasteiger partial charge in [0.25, 0.3) is 5.91 Å². The van der Waals surface area contributed by atoms with E-state index in [-0.39, 0.29) is 5.91 Å². The van der Waals surface area contributed by atoms with Crippen LogP contribution in [0.3, 0.4) is 0 Å². The molecule has 0 unspecified atom stereocenters. The first kappa shape index (κ1) is 12.7. The number of nitrogens with zero attached hydrogens (tertiary/aromatic N) is 3. The first-order valence-corrected chi connectivity index (χ1v) is 6.69. The van der Waals surface area contributed by atoms with Crippen molar-refractivity contribution in [2.75, 3.05) is 17.2 Å². The zero-order chi connectivity index (χ0) is 14.4. The van der Waals surface area contributed by atoms with Gasteiger partial charge in [-0.1, -0.05) is 6.07 Å². The van der Waals surface area contributed by atoms with Crippen LogP contribution in [0.1, 0.15) is 27.3 Å². The molecule has 1 aliphatic heterocycles. The quantitative estimate of drug-likeness (QED) is 0.804. The lowest BCUT2D eigenvalue weighted by Crippen LogP contribution is -2.30. The minimum Gasteiger partial charge on any atom is -0.398 e. The number of fused-ring (bicyclic) bond motifs is 1. The molecule has 20 heavy (non-hydrogen) atoms. The van der Waals surface area contributed by atoms with Crippen LogP contribution < -0.4 is 10.6 Å². The molecule has 3 rings (SSSR count). The van der Waals surface area contributed by atoms with E-state index in [0.717, 1.165) is 29.1 Å². The largest absolute Gasteiger partial charge is 0.398 e. The van der Waals surface area contributed by atoms with Crippen molar-refractivity contribution in [3.63, 3.8) is 0 Å². The van der Waals surface area contributed by atoms with E-state index in [4.69, 9.17) is 5.73 Å². The summed E-state index contributed by atoms with van der Waals surface area (Å²) in [5.74, 6) is -0.0184. The smallest absolute Gasteiger partial charge is 0.276 e. The molecule has 2 heterocycles. The third kappa shape index (κ3) is 1.86. The Hall–Kier alpha value is -2.30. The van der Waals surface area contributed by atoms with Crippen LogP contribution in [0.2, 0.25) is 0 Å². The third-order valence-electron chi connectivity index (χ3n) is 3.83. The second-order valence-electron chi connectivity index (χ2n) is 5.34. The van der Waals surface area contributed by atoms with Crippen molar-refractivity contribution in [1.29, 1.82) is 0 Å². The highest BCUT2D eigenvalue weighted by molar-refractivity contribution is 6.06. The zero-order valence-electron chi connectivity index (χ0n) is 12.0. The molecule has 0 saturated heterocycles. The van der Waals surface area contributed by atoms with Crippen molar-refractivity contribution in [3.8, 4) is 0 Å². The number of amides is 1. The molecule has 0 spiro atoms. The normalized spacial score (nSPS) is 13.7. The highest BCUT2D eigenvalue weighted by Gasteiger charge is 2.28. The highest BCUT2D eigenvalue weighted by Crippen LogP contribution is 2.33. The van der Waals surface area contributed by atoms with Crippen molar-refractivity contribution in [3.05, 3.63) is 40.7 Å². The van der Waals surface area contributed by atoms with Crippen LogP contribution in [0, 0.1) is 13.8 Å². The van der Waals surface area contributed by atoms with Gasteiger partial charge in [-0.05, 0) is 43.5 Å². The summed E-state index contributed by atoms with van der Waals surface area (Å²) in [6.07, 6.45) is 0.874. The van der Waals surface area contributed by atoms with E-state index in [1.165, 1.54) is 5.56 Å². The maximum atomic E-state index is 12.7. The molecule has 1 aromatic heterocycles. The Balaban J connectivity index is 2.01. The molecule has 2 aromatic rings. The van der Waals surface area contributed by atoms with Crippen molar-refractivity contribution >= 4 is 17.3 Å². The average molecular weight is 270 g/mol. The van der Waals surface area contributed by atoms with E-state index in [1.807, 2.05) is 26.0 Å². The molecule has 5 heteroatoms. The van der Waals surface area contributed by atoms with Gasteiger partial charge >= 0.3 is 0 Å². The van der Waals surface area contributed by atoms with Crippen LogP contribution in [-0.4, -0.2) is 22.2 Å². The molecule has 1 aliphatic rings. The van der Waals surface area contributed by atoms with Gasteiger partial charge in [0.15, 0.2) is 0 Å². The average Bonchev–Trinajstić information content (AvgIpc) is 2.93. The summed E-state index contributed by atoms with van der Waals surface area (Å²) in [6.45, 7) is 4.57. The lowest BCUT2D eigenvalue weighted by atomic mass is 10.1. The van der Waals surface area contributed by atoms with Crippen molar-refractivity contribution in [2.24, 2.45) is 7.05 Å². The van der Waals surface area contributed by atoms with Gasteiger partial charge in [-0.15, -0.1) is 0 Å². The van der Waals surface area contributed by atoms with E-state index < -0.39 is 0 Å². The number of aryl methyl sites for hydroxylation is 3. The molecule has 1 aromatic carbocycles. The number of rotatable bonds is 1. The van der Waals surface area contributed by atoms with Crippen LogP contribution in [-0.2, 0) is 13.5 Å². The minimum atomic E-state index is -0.0184. The molecule has 0 radical (unpaired) electrons. The summed E-state index contributed by atoms with van der Waals surface area (Å²) in [6, 6.07) is 5.79. The van der Waals surface area contributed by atoms with Gasteiger partial charge in [-0.25, -0.2) is 0 Å². The Morgan fingerprint density at radius 2 is 2.05 bits per heavy atom. The number of hydrogen-bond donors (Lipinski definition) is 1. The number of nitrogen functional groups attached to an aromatic ring is 1. The number of benzene rings is 1. The van der Waals surface area contributed by atoms with Gasteiger partial charge in [0.1, 0.15) is 5.69 Å². The molecule has 0 bridgehead atoms. The van der Waals surface area contributed by atoms with Gasteiger partial charge in [0, 0.05) is 25.0 Å². The molecular formula is C15H18N4O. The predicted molar refractivity (Wildman–Crippen MR) is 78.9 cm³/mol. The molecular weight excluding hydrogens is 252 g/mol. The van der Waals surface area contributed by atoms with Crippen LogP contribution in [0.25, 0.3) is 0 Å². The van der Waals surface area contributed by atoms with E-state index in [9.17, 15) is 4.79 Å². The van der Waals surface area contributed by atoms with Gasteiger partial charge < -0.3 is 10.6 Å². The van der Waals surface area contributed by atoms with Gasteiger partial charge in [-0.3, -0.25) is 9.48 Å². The van der Waals surface area contributed by atoms with E-state index in [2.05, 4.69) is 11.2 Å². The Morgan fingerprint density at radius 3 is 2.70 bits per heavy atom. The number of carbonyl (C=O) groups is 1. The Labute approximate surface area is 118 Å². The van der Waals surface area contributed by atoms with Gasteiger partial charge in [-0.2, -0.15) is 5.10 Å². The molecule has 0 fully saturated rings. The summed E-state index contributed by atoms with van der Waals surface area (Å²) in [7, 11) is 1.79. The predicted octanol–water partition coefficient (Wildman–Crippen LogP) is 1.82. The second-order valence-corrected chi connectivity index (χ2v) is 5.34. The number of aromatic nitrogens is 2. The van der Waals surface area contributed by atoms with Crippen LogP contribution in [0.5, 0.6) is 0 Å². The number of carbonyl (C=O) groups excluding carboxylic acids is 1. The Bertz CT molecular complexity index is 702. The lowest BCUT2D eigenvalue weighted by Gasteiger charge is -2.18. The fraction of sp³-hybridized carbons (Fsp3) is 0.333. The summed E-state index contributed by atoms with van der Waals surface area (Å²) in [4.78, 5) is 14.5. The fourth-order valence-electron chi connectivity index (χ4n) is 2.74. The topological polar surface area (TPSA) is 64.2 Å². The highest BCUT2D eigenvalue weighted by atomic mass is 16.2. The van der Waals surface area contributed by atoms with E-state index >= 15 is 0 Å². The Kier molecular flexibility index (Phi) is 2.78. The fourth-order valence-corrected chi connectivity index (χ4v) is 2.74. The monoisotopic (exact) mass is 270 g/mol. The van der Waals surface area contributed by atoms with Crippen molar-refractivity contribution in [2.45, 2.75) is 20.3 Å². The molecule has 1 amide bonds. The number of nitrogens with two attached hydrogens (primary N) is 1. The lowest BCUT2D eigenvalue weighted by molar-refractivity contribution is 0.0980. The summed E-state index contributed by atoms with van der Waals surface area (Å²) in [5.41, 5.74) is 11.3. The van der Waals surface area contributed by atoms with E-state index in [1.54, 1.807) is 16.6 Å². The van der Waals surface area contributed by atoms with Crippen LogP contribution in [0.15, 0.2) is 18.2 Å². The van der Waals surface area contributed by atoms with Gasteiger partial charge in [0.05, 0.1) is 5.69 Å². The molecule has 5 nitrogen and oxygen atoms in total. The van der Waals surface area contributed by atoms with E-state index in [0.29, 0.717) is 12.2 Å². The van der Waals surface area contributed by atoms with Crippen molar-refractivity contribution in [1.82, 2.24) is 9.78 Å². The SMILES string of the molecule is Cc1cc(C(=O)N2CCc3cc(C)c(N)cc32)n(C)n1. The molecule has 2 N–H and O–H groups in total. The van der Waals surface area contributed by atoms with Gasteiger partial charge in [0.2, 0.25) is 0 Å². The first-order valence-electron chi connectivity index (χ1n) is 6.69. The first-order chi connectivity index (χ1) is 9.47.